The van der Waals surface area contributed by atoms with Crippen LogP contribution in [0.5, 0.6) is 5.75 Å². The lowest BCUT2D eigenvalue weighted by Crippen LogP contribution is -2.50. The summed E-state index contributed by atoms with van der Waals surface area (Å²) >= 11 is 1.27. The predicted molar refractivity (Wildman–Crippen MR) is 147 cm³/mol. The lowest BCUT2D eigenvalue weighted by atomic mass is 10.1. The molecule has 0 radical (unpaired) electrons. The minimum absolute atomic E-state index is 0.134. The summed E-state index contributed by atoms with van der Waals surface area (Å²) in [5, 5.41) is 0.909. The highest BCUT2D eigenvalue weighted by Crippen LogP contribution is 2.31. The van der Waals surface area contributed by atoms with Gasteiger partial charge in [-0.3, -0.25) is 9.59 Å². The molecule has 1 aliphatic rings. The molecule has 196 valence electrons. The molecule has 1 aromatic heterocycles. The van der Waals surface area contributed by atoms with E-state index in [9.17, 15) is 18.0 Å². The number of ether oxygens (including phenoxy) is 1. The number of nitrogens with two attached hydrogens (primary N) is 1. The molecule has 4 aromatic rings. The third-order valence-electron chi connectivity index (χ3n) is 6.50. The Kier molecular flexibility index (Phi) is 7.46. The average molecular weight is 550 g/mol. The molecule has 0 bridgehead atoms. The number of rotatable bonds is 8. The Hall–Kier alpha value is -3.73. The Morgan fingerprint density at radius 3 is 2.39 bits per heavy atom. The number of para-hydroxylation sites is 1. The fourth-order valence-electron chi connectivity index (χ4n) is 4.46. The fraction of sp³-hybridized carbons (Fsp3) is 0.214. The zero-order chi connectivity index (χ0) is 26.7. The van der Waals surface area contributed by atoms with Gasteiger partial charge in [0, 0.05) is 42.9 Å². The van der Waals surface area contributed by atoms with Gasteiger partial charge in [0.25, 0.3) is 21.8 Å². The molecule has 0 saturated carbocycles. The monoisotopic (exact) mass is 549 g/mol. The molecule has 1 fully saturated rings. The van der Waals surface area contributed by atoms with Crippen LogP contribution in [0.4, 0.5) is 0 Å². The van der Waals surface area contributed by atoms with Crippen LogP contribution in [0.1, 0.15) is 26.3 Å². The van der Waals surface area contributed by atoms with Crippen molar-refractivity contribution in [1.82, 2.24) is 9.21 Å². The third kappa shape index (κ3) is 5.42. The first-order chi connectivity index (χ1) is 18.3. The Morgan fingerprint density at radius 1 is 0.895 bits per heavy atom. The molecule has 8 nitrogen and oxygen atoms in total. The summed E-state index contributed by atoms with van der Waals surface area (Å²) in [6, 6.07) is 23.4. The van der Waals surface area contributed by atoms with E-state index in [1.54, 1.807) is 41.3 Å². The van der Waals surface area contributed by atoms with E-state index in [0.717, 1.165) is 15.6 Å². The largest absolute Gasteiger partial charge is 0.492 e. The van der Waals surface area contributed by atoms with Gasteiger partial charge in [0.05, 0.1) is 12.2 Å². The molecule has 1 saturated heterocycles. The van der Waals surface area contributed by atoms with Crippen LogP contribution in [0.3, 0.4) is 0 Å². The molecule has 3 aromatic carbocycles. The summed E-state index contributed by atoms with van der Waals surface area (Å²) in [5.41, 5.74) is 7.18. The second kappa shape index (κ2) is 10.9. The third-order valence-corrected chi connectivity index (χ3v) is 9.96. The fourth-order valence-corrected chi connectivity index (χ4v) is 7.44. The van der Waals surface area contributed by atoms with Gasteiger partial charge < -0.3 is 15.4 Å². The molecule has 0 aliphatic carbocycles. The van der Waals surface area contributed by atoms with Gasteiger partial charge in [-0.15, -0.1) is 11.3 Å². The van der Waals surface area contributed by atoms with E-state index in [1.807, 2.05) is 42.5 Å². The summed E-state index contributed by atoms with van der Waals surface area (Å²) in [5.74, 6) is -0.258. The number of nitrogens with zero attached hydrogens (tertiary/aromatic N) is 2. The highest BCUT2D eigenvalue weighted by atomic mass is 32.2. The Labute approximate surface area is 225 Å². The zero-order valence-electron chi connectivity index (χ0n) is 20.6. The summed E-state index contributed by atoms with van der Waals surface area (Å²) in [6.45, 7) is 1.45. The Balaban J connectivity index is 1.19. The van der Waals surface area contributed by atoms with E-state index < -0.39 is 15.9 Å². The number of benzene rings is 3. The zero-order valence-corrected chi connectivity index (χ0v) is 22.2. The molecular weight excluding hydrogens is 522 g/mol. The smallest absolute Gasteiger partial charge is 0.253 e. The highest BCUT2D eigenvalue weighted by molar-refractivity contribution is 7.91. The highest BCUT2D eigenvalue weighted by Gasteiger charge is 2.31. The van der Waals surface area contributed by atoms with Gasteiger partial charge >= 0.3 is 0 Å². The predicted octanol–water partition coefficient (Wildman–Crippen LogP) is 3.77. The summed E-state index contributed by atoms with van der Waals surface area (Å²) in [4.78, 5) is 26.5. The second-order valence-corrected chi connectivity index (χ2v) is 12.2. The first-order valence-corrected chi connectivity index (χ1v) is 14.5. The van der Waals surface area contributed by atoms with Gasteiger partial charge in [-0.1, -0.05) is 42.5 Å². The van der Waals surface area contributed by atoms with Gasteiger partial charge in [-0.2, -0.15) is 4.31 Å². The molecule has 5 rings (SSSR count). The van der Waals surface area contributed by atoms with Gasteiger partial charge in [0.2, 0.25) is 0 Å². The number of primary amides is 1. The van der Waals surface area contributed by atoms with Crippen molar-refractivity contribution in [2.75, 3.05) is 32.8 Å². The van der Waals surface area contributed by atoms with Crippen LogP contribution in [0.15, 0.2) is 83.1 Å². The minimum Gasteiger partial charge on any atom is -0.492 e. The van der Waals surface area contributed by atoms with Gasteiger partial charge in [-0.05, 0) is 47.3 Å². The van der Waals surface area contributed by atoms with Crippen LogP contribution in [0.25, 0.3) is 10.1 Å². The van der Waals surface area contributed by atoms with Crippen molar-refractivity contribution in [1.29, 1.82) is 0 Å². The molecule has 1 aliphatic heterocycles. The number of hydrogen-bond acceptors (Lipinski definition) is 6. The van der Waals surface area contributed by atoms with Crippen molar-refractivity contribution in [3.8, 4) is 5.75 Å². The molecule has 0 unspecified atom stereocenters. The van der Waals surface area contributed by atoms with E-state index in [2.05, 4.69) is 0 Å². The molecule has 0 spiro atoms. The summed E-state index contributed by atoms with van der Waals surface area (Å²) in [6.07, 6.45) is 0.537. The van der Waals surface area contributed by atoms with Gasteiger partial charge in [-0.25, -0.2) is 8.42 Å². The number of piperazine rings is 1. The number of fused-ring (bicyclic) bond motifs is 1. The normalized spacial score (nSPS) is 14.5. The van der Waals surface area contributed by atoms with Crippen molar-refractivity contribution in [3.05, 3.63) is 95.6 Å². The van der Waals surface area contributed by atoms with Crippen molar-refractivity contribution in [2.45, 2.75) is 10.6 Å². The molecule has 0 atom stereocenters. The van der Waals surface area contributed by atoms with Crippen LogP contribution in [0, 0.1) is 0 Å². The van der Waals surface area contributed by atoms with E-state index in [1.165, 1.54) is 15.6 Å². The van der Waals surface area contributed by atoms with Gasteiger partial charge in [0.1, 0.15) is 9.96 Å². The maximum Gasteiger partial charge on any atom is 0.253 e. The van der Waals surface area contributed by atoms with Crippen LogP contribution < -0.4 is 10.5 Å². The molecule has 2 N–H and O–H groups in total. The van der Waals surface area contributed by atoms with Crippen LogP contribution in [-0.2, 0) is 16.4 Å². The van der Waals surface area contributed by atoms with Crippen molar-refractivity contribution < 1.29 is 22.7 Å². The summed E-state index contributed by atoms with van der Waals surface area (Å²) < 4.78 is 34.9. The number of carbonyl (C=O) groups excluding carboxylic acids is 2. The number of thiophene rings is 1. The van der Waals surface area contributed by atoms with E-state index >= 15 is 0 Å². The number of carbonyl (C=O) groups is 2. The van der Waals surface area contributed by atoms with Crippen molar-refractivity contribution in [2.24, 2.45) is 5.73 Å². The Morgan fingerprint density at radius 2 is 1.63 bits per heavy atom. The molecule has 10 heteroatoms. The van der Waals surface area contributed by atoms with Crippen molar-refractivity contribution >= 4 is 43.3 Å². The molecule has 2 amide bonds. The Bertz CT molecular complexity index is 1560. The SMILES string of the molecule is NC(=O)c1ccccc1OCCc1cccc(C(=O)N2CCN(S(=O)(=O)c3cc4ccccc4s3)CC2)c1. The number of amides is 2. The first kappa shape index (κ1) is 25.9. The standard InChI is InChI=1S/C28H27N3O5S2/c29-27(32)23-9-2-3-10-24(23)36-17-12-20-6-5-8-22(18-20)28(33)30-13-15-31(16-14-30)38(34,35)26-19-21-7-1-4-11-25(21)37-26/h1-11,18-19H,12-17H2,(H2,29,32). The van der Waals surface area contributed by atoms with E-state index in [-0.39, 0.29) is 19.0 Å². The molecule has 38 heavy (non-hydrogen) atoms. The van der Waals surface area contributed by atoms with E-state index in [0.29, 0.717) is 47.2 Å². The van der Waals surface area contributed by atoms with Crippen LogP contribution in [0.2, 0.25) is 0 Å². The lowest BCUT2D eigenvalue weighted by molar-refractivity contribution is 0.0697. The first-order valence-electron chi connectivity index (χ1n) is 12.2. The van der Waals surface area contributed by atoms with Crippen LogP contribution in [-0.4, -0.2) is 62.2 Å². The number of sulfonamides is 1. The molecule has 2 heterocycles. The van der Waals surface area contributed by atoms with Gasteiger partial charge in [0.15, 0.2) is 0 Å². The second-order valence-electron chi connectivity index (χ2n) is 8.96. The minimum atomic E-state index is -3.62. The number of hydrogen-bond donors (Lipinski definition) is 1. The maximum absolute atomic E-state index is 13.2. The summed E-state index contributed by atoms with van der Waals surface area (Å²) in [7, 11) is -3.62. The lowest BCUT2D eigenvalue weighted by Gasteiger charge is -2.33. The van der Waals surface area contributed by atoms with Crippen molar-refractivity contribution in [3.63, 3.8) is 0 Å². The van der Waals surface area contributed by atoms with Crippen LogP contribution >= 0.6 is 11.3 Å². The quantitative estimate of drug-likeness (QED) is 0.360. The topological polar surface area (TPSA) is 110 Å². The molecular formula is C28H27N3O5S2. The maximum atomic E-state index is 13.2. The average Bonchev–Trinajstić information content (AvgIpc) is 3.39. The van der Waals surface area contributed by atoms with E-state index in [4.69, 9.17) is 10.5 Å².